The maximum absolute atomic E-state index is 10.4. The lowest BCUT2D eigenvalue weighted by molar-refractivity contribution is 0.162. The van der Waals surface area contributed by atoms with Gasteiger partial charge in [-0.05, 0) is 25.0 Å². The molecular formula is C15H20N2O3. The van der Waals surface area contributed by atoms with Crippen LogP contribution < -0.4 is 9.47 Å². The highest BCUT2D eigenvalue weighted by Crippen LogP contribution is 2.35. The highest BCUT2D eigenvalue weighted by Gasteiger charge is 2.17. The Morgan fingerprint density at radius 2 is 2.05 bits per heavy atom. The van der Waals surface area contributed by atoms with Gasteiger partial charge in [0.1, 0.15) is 0 Å². The summed E-state index contributed by atoms with van der Waals surface area (Å²) >= 11 is 0. The lowest BCUT2D eigenvalue weighted by atomic mass is 10.0. The minimum atomic E-state index is -0.602. The van der Waals surface area contributed by atoms with Gasteiger partial charge in [0.15, 0.2) is 11.5 Å². The number of hydrogen-bond donors (Lipinski definition) is 1. The number of aliphatic hydroxyl groups excluding tert-OH is 1. The number of aromatic nitrogens is 2. The van der Waals surface area contributed by atoms with Gasteiger partial charge >= 0.3 is 0 Å². The largest absolute Gasteiger partial charge is 0.493 e. The van der Waals surface area contributed by atoms with Crippen molar-refractivity contribution in [2.75, 3.05) is 14.2 Å². The fourth-order valence-electron chi connectivity index (χ4n) is 2.26. The Morgan fingerprint density at radius 3 is 2.65 bits per heavy atom. The predicted octanol–water partition coefficient (Wildman–Crippen LogP) is 2.10. The zero-order valence-electron chi connectivity index (χ0n) is 12.0. The number of aliphatic hydroxyl groups is 1. The van der Waals surface area contributed by atoms with Crippen molar-refractivity contribution in [2.24, 2.45) is 7.05 Å². The van der Waals surface area contributed by atoms with Gasteiger partial charge in [-0.15, -0.1) is 0 Å². The molecule has 1 aromatic heterocycles. The van der Waals surface area contributed by atoms with Crippen molar-refractivity contribution >= 4 is 0 Å². The molecule has 5 nitrogen and oxygen atoms in total. The molecular weight excluding hydrogens is 256 g/mol. The zero-order chi connectivity index (χ0) is 14.5. The molecule has 1 heterocycles. The van der Waals surface area contributed by atoms with Crippen LogP contribution in [-0.4, -0.2) is 29.1 Å². The van der Waals surface area contributed by atoms with Gasteiger partial charge in [0.05, 0.1) is 20.3 Å². The first-order valence-corrected chi connectivity index (χ1v) is 6.53. The molecule has 5 heteroatoms. The molecule has 0 saturated heterocycles. The quantitative estimate of drug-likeness (QED) is 0.878. The van der Waals surface area contributed by atoms with E-state index in [-0.39, 0.29) is 0 Å². The van der Waals surface area contributed by atoms with Crippen LogP contribution >= 0.6 is 0 Å². The molecule has 2 rings (SSSR count). The summed E-state index contributed by atoms with van der Waals surface area (Å²) in [6.07, 6.45) is 2.50. The Kier molecular flexibility index (Phi) is 4.63. The van der Waals surface area contributed by atoms with E-state index >= 15 is 0 Å². The van der Waals surface area contributed by atoms with Crippen LogP contribution in [0.3, 0.4) is 0 Å². The second kappa shape index (κ2) is 6.43. The molecule has 1 aromatic carbocycles. The van der Waals surface area contributed by atoms with Crippen molar-refractivity contribution in [2.45, 2.75) is 18.9 Å². The number of hydrogen-bond acceptors (Lipinski definition) is 4. The normalized spacial score (nSPS) is 12.2. The molecule has 20 heavy (non-hydrogen) atoms. The van der Waals surface area contributed by atoms with E-state index in [0.717, 1.165) is 17.7 Å². The molecule has 0 amide bonds. The van der Waals surface area contributed by atoms with Crippen LogP contribution in [0.1, 0.15) is 23.8 Å². The van der Waals surface area contributed by atoms with E-state index < -0.39 is 6.10 Å². The second-order valence-electron chi connectivity index (χ2n) is 4.58. The smallest absolute Gasteiger partial charge is 0.166 e. The standard InChI is InChI=1S/C15H20N2O3/c1-17-11(9-10-16-17)7-8-13(18)12-5-4-6-14(19-2)15(12)20-3/h4-6,9-10,13,18H,7-8H2,1-3H3. The number of benzene rings is 1. The first-order valence-electron chi connectivity index (χ1n) is 6.53. The SMILES string of the molecule is COc1cccc(C(O)CCc2ccnn2C)c1OC. The summed E-state index contributed by atoms with van der Waals surface area (Å²) in [5, 5.41) is 14.5. The van der Waals surface area contributed by atoms with Gasteiger partial charge in [-0.2, -0.15) is 5.10 Å². The Bertz CT molecular complexity index is 566. The summed E-state index contributed by atoms with van der Waals surface area (Å²) < 4.78 is 12.4. The van der Waals surface area contributed by atoms with Gasteiger partial charge in [-0.25, -0.2) is 0 Å². The van der Waals surface area contributed by atoms with Crippen LogP contribution in [0, 0.1) is 0 Å². The minimum Gasteiger partial charge on any atom is -0.493 e. The number of methoxy groups -OCH3 is 2. The van der Waals surface area contributed by atoms with Crippen molar-refractivity contribution in [3.05, 3.63) is 41.7 Å². The highest BCUT2D eigenvalue weighted by atomic mass is 16.5. The Balaban J connectivity index is 2.13. The molecule has 1 atom stereocenters. The molecule has 0 bridgehead atoms. The van der Waals surface area contributed by atoms with E-state index in [1.54, 1.807) is 20.4 Å². The number of aryl methyl sites for hydroxylation is 2. The fourth-order valence-corrected chi connectivity index (χ4v) is 2.26. The molecule has 0 aliphatic carbocycles. The number of ether oxygens (including phenoxy) is 2. The topological polar surface area (TPSA) is 56.5 Å². The Morgan fingerprint density at radius 1 is 1.25 bits per heavy atom. The second-order valence-corrected chi connectivity index (χ2v) is 4.58. The van der Waals surface area contributed by atoms with Crippen LogP contribution in [0.2, 0.25) is 0 Å². The molecule has 1 unspecified atom stereocenters. The molecule has 0 saturated carbocycles. The summed E-state index contributed by atoms with van der Waals surface area (Å²) in [5.41, 5.74) is 1.83. The average Bonchev–Trinajstić information content (AvgIpc) is 2.89. The fraction of sp³-hybridized carbons (Fsp3) is 0.400. The summed E-state index contributed by atoms with van der Waals surface area (Å²) in [4.78, 5) is 0. The summed E-state index contributed by atoms with van der Waals surface area (Å²) in [6, 6.07) is 7.48. The minimum absolute atomic E-state index is 0.590. The first-order chi connectivity index (χ1) is 9.67. The van der Waals surface area contributed by atoms with Crippen LogP contribution in [-0.2, 0) is 13.5 Å². The van der Waals surface area contributed by atoms with Gasteiger partial charge in [0.25, 0.3) is 0 Å². The average molecular weight is 276 g/mol. The van der Waals surface area contributed by atoms with Gasteiger partial charge in [-0.3, -0.25) is 4.68 Å². The number of nitrogens with zero attached hydrogens (tertiary/aromatic N) is 2. The number of para-hydroxylation sites is 1. The Hall–Kier alpha value is -2.01. The van der Waals surface area contributed by atoms with Crippen LogP contribution in [0.15, 0.2) is 30.5 Å². The first kappa shape index (κ1) is 14.4. The summed E-state index contributed by atoms with van der Waals surface area (Å²) in [7, 11) is 5.06. The monoisotopic (exact) mass is 276 g/mol. The van der Waals surface area contributed by atoms with E-state index in [1.165, 1.54) is 0 Å². The zero-order valence-corrected chi connectivity index (χ0v) is 12.0. The van der Waals surface area contributed by atoms with E-state index in [9.17, 15) is 5.11 Å². The number of rotatable bonds is 6. The summed E-state index contributed by atoms with van der Waals surface area (Å²) in [5.74, 6) is 1.22. The lowest BCUT2D eigenvalue weighted by Crippen LogP contribution is -2.05. The van der Waals surface area contributed by atoms with Crippen molar-refractivity contribution in [3.63, 3.8) is 0 Å². The molecule has 0 fully saturated rings. The third-order valence-corrected chi connectivity index (χ3v) is 3.39. The predicted molar refractivity (Wildman–Crippen MR) is 76.0 cm³/mol. The molecule has 2 aromatic rings. The maximum atomic E-state index is 10.4. The highest BCUT2D eigenvalue weighted by molar-refractivity contribution is 5.47. The molecule has 0 spiro atoms. The van der Waals surface area contributed by atoms with Crippen molar-refractivity contribution in [1.82, 2.24) is 9.78 Å². The van der Waals surface area contributed by atoms with Gasteiger partial charge in [-0.1, -0.05) is 12.1 Å². The van der Waals surface area contributed by atoms with Crippen LogP contribution in [0.4, 0.5) is 0 Å². The van der Waals surface area contributed by atoms with E-state index in [2.05, 4.69) is 5.10 Å². The molecule has 0 radical (unpaired) electrons. The van der Waals surface area contributed by atoms with Crippen LogP contribution in [0.25, 0.3) is 0 Å². The Labute approximate surface area is 118 Å². The maximum Gasteiger partial charge on any atom is 0.166 e. The summed E-state index contributed by atoms with van der Waals surface area (Å²) in [6.45, 7) is 0. The molecule has 1 N–H and O–H groups in total. The van der Waals surface area contributed by atoms with E-state index in [1.807, 2.05) is 36.0 Å². The van der Waals surface area contributed by atoms with Crippen molar-refractivity contribution < 1.29 is 14.6 Å². The van der Waals surface area contributed by atoms with Gasteiger partial charge in [0.2, 0.25) is 0 Å². The lowest BCUT2D eigenvalue weighted by Gasteiger charge is -2.17. The van der Waals surface area contributed by atoms with Crippen LogP contribution in [0.5, 0.6) is 11.5 Å². The van der Waals surface area contributed by atoms with Crippen molar-refractivity contribution in [1.29, 1.82) is 0 Å². The molecule has 108 valence electrons. The third kappa shape index (κ3) is 2.93. The van der Waals surface area contributed by atoms with Gasteiger partial charge < -0.3 is 14.6 Å². The van der Waals surface area contributed by atoms with E-state index in [4.69, 9.17) is 9.47 Å². The van der Waals surface area contributed by atoms with Crippen molar-refractivity contribution in [3.8, 4) is 11.5 Å². The van der Waals surface area contributed by atoms with E-state index in [0.29, 0.717) is 17.9 Å². The van der Waals surface area contributed by atoms with Gasteiger partial charge in [0, 0.05) is 24.5 Å². The molecule has 0 aliphatic rings. The molecule has 0 aliphatic heterocycles. The third-order valence-electron chi connectivity index (χ3n) is 3.39.